The SMILES string of the molecule is CCc1ccc(CC)c(CNC(=O)[C@@H](C)Oc2ccc3c(c2)CCCC3)c1. The molecule has 1 N–H and O–H groups in total. The van der Waals surface area contributed by atoms with E-state index < -0.39 is 6.10 Å². The second kappa shape index (κ2) is 9.07. The highest BCUT2D eigenvalue weighted by Crippen LogP contribution is 2.26. The summed E-state index contributed by atoms with van der Waals surface area (Å²) in [6, 6.07) is 12.8. The lowest BCUT2D eigenvalue weighted by Gasteiger charge is -2.19. The Morgan fingerprint density at radius 2 is 1.78 bits per heavy atom. The lowest BCUT2D eigenvalue weighted by atomic mass is 9.92. The molecular formula is C24H31NO2. The van der Waals surface area contributed by atoms with Crippen LogP contribution in [0.5, 0.6) is 5.75 Å². The molecule has 0 saturated carbocycles. The first-order chi connectivity index (χ1) is 13.1. The van der Waals surface area contributed by atoms with Crippen molar-refractivity contribution in [1.82, 2.24) is 5.32 Å². The van der Waals surface area contributed by atoms with Gasteiger partial charge in [-0.2, -0.15) is 0 Å². The Hall–Kier alpha value is -2.29. The third kappa shape index (κ3) is 4.91. The number of nitrogens with one attached hydrogen (secondary N) is 1. The standard InChI is InChI=1S/C24H31NO2/c1-4-18-10-11-19(5-2)22(14-18)16-25-24(26)17(3)27-23-13-12-20-8-6-7-9-21(20)15-23/h10-15,17H,4-9,16H2,1-3H3,(H,25,26)/t17-/m1/s1. The quantitative estimate of drug-likeness (QED) is 0.767. The fraction of sp³-hybridized carbons (Fsp3) is 0.458. The number of aryl methyl sites for hydroxylation is 4. The van der Waals surface area contributed by atoms with Crippen molar-refractivity contribution < 1.29 is 9.53 Å². The van der Waals surface area contributed by atoms with Gasteiger partial charge in [0, 0.05) is 6.54 Å². The maximum Gasteiger partial charge on any atom is 0.261 e. The van der Waals surface area contributed by atoms with Gasteiger partial charge in [0.25, 0.3) is 5.91 Å². The maximum absolute atomic E-state index is 12.5. The third-order valence-corrected chi connectivity index (χ3v) is 5.51. The van der Waals surface area contributed by atoms with Gasteiger partial charge >= 0.3 is 0 Å². The van der Waals surface area contributed by atoms with Gasteiger partial charge in [0.1, 0.15) is 5.75 Å². The second-order valence-corrected chi connectivity index (χ2v) is 7.43. The molecule has 0 saturated heterocycles. The van der Waals surface area contributed by atoms with Gasteiger partial charge in [0.05, 0.1) is 0 Å². The summed E-state index contributed by atoms with van der Waals surface area (Å²) in [6.07, 6.45) is 6.24. The molecular weight excluding hydrogens is 334 g/mol. The number of fused-ring (bicyclic) bond motifs is 1. The van der Waals surface area contributed by atoms with Crippen LogP contribution in [0.1, 0.15) is 61.4 Å². The molecule has 27 heavy (non-hydrogen) atoms. The van der Waals surface area contributed by atoms with Crippen molar-refractivity contribution in [2.75, 3.05) is 0 Å². The van der Waals surface area contributed by atoms with E-state index in [2.05, 4.69) is 49.5 Å². The van der Waals surface area contributed by atoms with Gasteiger partial charge in [-0.25, -0.2) is 0 Å². The number of hydrogen-bond acceptors (Lipinski definition) is 2. The Balaban J connectivity index is 1.60. The second-order valence-electron chi connectivity index (χ2n) is 7.43. The Morgan fingerprint density at radius 1 is 1.00 bits per heavy atom. The number of carbonyl (C=O) groups excluding carboxylic acids is 1. The number of rotatable bonds is 7. The van der Waals surface area contributed by atoms with Gasteiger partial charge in [0.2, 0.25) is 0 Å². The van der Waals surface area contributed by atoms with Crippen molar-refractivity contribution >= 4 is 5.91 Å². The van der Waals surface area contributed by atoms with Crippen LogP contribution in [0, 0.1) is 0 Å². The molecule has 3 nitrogen and oxygen atoms in total. The van der Waals surface area contributed by atoms with Crippen molar-refractivity contribution in [3.05, 3.63) is 64.2 Å². The van der Waals surface area contributed by atoms with Gasteiger partial charge < -0.3 is 10.1 Å². The average Bonchev–Trinajstić information content (AvgIpc) is 2.71. The summed E-state index contributed by atoms with van der Waals surface area (Å²) >= 11 is 0. The van der Waals surface area contributed by atoms with Crippen LogP contribution in [0.2, 0.25) is 0 Å². The number of benzene rings is 2. The molecule has 3 rings (SSSR count). The molecule has 0 aliphatic heterocycles. The smallest absolute Gasteiger partial charge is 0.261 e. The van der Waals surface area contributed by atoms with E-state index in [4.69, 9.17) is 4.74 Å². The van der Waals surface area contributed by atoms with E-state index in [0.717, 1.165) is 31.4 Å². The Labute approximate surface area is 163 Å². The zero-order valence-electron chi connectivity index (χ0n) is 16.8. The average molecular weight is 366 g/mol. The first kappa shape index (κ1) is 19.5. The highest BCUT2D eigenvalue weighted by Gasteiger charge is 2.16. The van der Waals surface area contributed by atoms with E-state index in [1.165, 1.54) is 40.7 Å². The number of hydrogen-bond donors (Lipinski definition) is 1. The molecule has 1 aliphatic carbocycles. The minimum absolute atomic E-state index is 0.0725. The zero-order valence-corrected chi connectivity index (χ0v) is 16.8. The first-order valence-electron chi connectivity index (χ1n) is 10.3. The van der Waals surface area contributed by atoms with Crippen molar-refractivity contribution in [3.8, 4) is 5.75 Å². The Kier molecular flexibility index (Phi) is 6.54. The molecule has 0 aromatic heterocycles. The molecule has 0 bridgehead atoms. The summed E-state index contributed by atoms with van der Waals surface area (Å²) < 4.78 is 5.92. The Bertz CT molecular complexity index is 797. The van der Waals surface area contributed by atoms with Crippen molar-refractivity contribution in [3.63, 3.8) is 0 Å². The van der Waals surface area contributed by atoms with Gasteiger partial charge in [-0.05, 0) is 85.4 Å². The van der Waals surface area contributed by atoms with Crippen LogP contribution in [0.15, 0.2) is 36.4 Å². The van der Waals surface area contributed by atoms with Crippen LogP contribution >= 0.6 is 0 Å². The minimum Gasteiger partial charge on any atom is -0.481 e. The van der Waals surface area contributed by atoms with E-state index in [1.807, 2.05) is 13.0 Å². The van der Waals surface area contributed by atoms with Crippen LogP contribution in [0.25, 0.3) is 0 Å². The minimum atomic E-state index is -0.508. The molecule has 0 radical (unpaired) electrons. The predicted molar refractivity (Wildman–Crippen MR) is 110 cm³/mol. The number of carbonyl (C=O) groups is 1. The van der Waals surface area contributed by atoms with Gasteiger partial charge in [-0.15, -0.1) is 0 Å². The summed E-state index contributed by atoms with van der Waals surface area (Å²) in [5.74, 6) is 0.720. The molecule has 2 aromatic rings. The Morgan fingerprint density at radius 3 is 2.52 bits per heavy atom. The highest BCUT2D eigenvalue weighted by molar-refractivity contribution is 5.80. The highest BCUT2D eigenvalue weighted by atomic mass is 16.5. The fourth-order valence-corrected chi connectivity index (χ4v) is 3.78. The fourth-order valence-electron chi connectivity index (χ4n) is 3.78. The molecule has 0 heterocycles. The van der Waals surface area contributed by atoms with Crippen molar-refractivity contribution in [2.24, 2.45) is 0 Å². The summed E-state index contributed by atoms with van der Waals surface area (Å²) in [7, 11) is 0. The summed E-state index contributed by atoms with van der Waals surface area (Å²) in [6.45, 7) is 6.66. The molecule has 1 atom stereocenters. The van der Waals surface area contributed by atoms with E-state index in [-0.39, 0.29) is 5.91 Å². The van der Waals surface area contributed by atoms with E-state index >= 15 is 0 Å². The summed E-state index contributed by atoms with van der Waals surface area (Å²) in [5, 5.41) is 3.04. The summed E-state index contributed by atoms with van der Waals surface area (Å²) in [5.41, 5.74) is 6.58. The van der Waals surface area contributed by atoms with E-state index in [9.17, 15) is 4.79 Å². The molecule has 144 valence electrons. The molecule has 0 spiro atoms. The van der Waals surface area contributed by atoms with Gasteiger partial charge in [0.15, 0.2) is 6.10 Å². The lowest BCUT2D eigenvalue weighted by molar-refractivity contribution is -0.127. The normalized spacial score (nSPS) is 14.3. The third-order valence-electron chi connectivity index (χ3n) is 5.51. The van der Waals surface area contributed by atoms with Crippen LogP contribution in [-0.4, -0.2) is 12.0 Å². The van der Waals surface area contributed by atoms with Crippen LogP contribution in [0.4, 0.5) is 0 Å². The lowest BCUT2D eigenvalue weighted by Crippen LogP contribution is -2.36. The maximum atomic E-state index is 12.5. The molecule has 3 heteroatoms. The molecule has 0 unspecified atom stereocenters. The summed E-state index contributed by atoms with van der Waals surface area (Å²) in [4.78, 5) is 12.5. The van der Waals surface area contributed by atoms with E-state index in [1.54, 1.807) is 0 Å². The first-order valence-corrected chi connectivity index (χ1v) is 10.3. The molecule has 2 aromatic carbocycles. The number of ether oxygens (including phenoxy) is 1. The van der Waals surface area contributed by atoms with Gasteiger partial charge in [-0.3, -0.25) is 4.79 Å². The van der Waals surface area contributed by atoms with Crippen LogP contribution < -0.4 is 10.1 Å². The van der Waals surface area contributed by atoms with Crippen LogP contribution in [-0.2, 0) is 37.0 Å². The zero-order chi connectivity index (χ0) is 19.2. The van der Waals surface area contributed by atoms with Gasteiger partial charge in [-0.1, -0.05) is 38.1 Å². The molecule has 1 amide bonds. The topological polar surface area (TPSA) is 38.3 Å². The predicted octanol–water partition coefficient (Wildman–Crippen LogP) is 4.77. The van der Waals surface area contributed by atoms with Crippen molar-refractivity contribution in [1.29, 1.82) is 0 Å². The van der Waals surface area contributed by atoms with Crippen LogP contribution in [0.3, 0.4) is 0 Å². The molecule has 0 fully saturated rings. The molecule has 1 aliphatic rings. The monoisotopic (exact) mass is 365 g/mol. The van der Waals surface area contributed by atoms with Crippen molar-refractivity contribution in [2.45, 2.75) is 71.9 Å². The number of amides is 1. The largest absolute Gasteiger partial charge is 0.481 e. The van der Waals surface area contributed by atoms with E-state index in [0.29, 0.717) is 6.54 Å².